The van der Waals surface area contributed by atoms with Gasteiger partial charge in [-0.05, 0) is 98.1 Å². The van der Waals surface area contributed by atoms with Gasteiger partial charge in [-0.15, -0.1) is 0 Å². The first-order valence-electron chi connectivity index (χ1n) is 14.9. The topological polar surface area (TPSA) is 88.4 Å². The van der Waals surface area contributed by atoms with Crippen molar-refractivity contribution in [2.75, 3.05) is 13.2 Å². The average Bonchev–Trinajstić information content (AvgIpc) is 3.31. The fourth-order valence-corrected chi connectivity index (χ4v) is 6.86. The minimum absolute atomic E-state index is 0.121. The highest BCUT2D eigenvalue weighted by Crippen LogP contribution is 2.38. The van der Waals surface area contributed by atoms with Gasteiger partial charge in [0.05, 0.1) is 39.6 Å². The van der Waals surface area contributed by atoms with E-state index in [-0.39, 0.29) is 18.3 Å². The van der Waals surface area contributed by atoms with E-state index in [9.17, 15) is 9.59 Å². The fourth-order valence-electron chi connectivity index (χ4n) is 5.12. The van der Waals surface area contributed by atoms with E-state index in [1.54, 1.807) is 24.5 Å². The Morgan fingerprint density at radius 2 is 1.80 bits per heavy atom. The number of hydrogen-bond donors (Lipinski definition) is 0. The van der Waals surface area contributed by atoms with Crippen LogP contribution in [0, 0.1) is 0 Å². The first kappa shape index (κ1) is 33.5. The molecule has 5 rings (SSSR count). The lowest BCUT2D eigenvalue weighted by atomic mass is 9.95. The van der Waals surface area contributed by atoms with Crippen LogP contribution in [0.4, 0.5) is 0 Å². The molecular formula is C35H34BrClN2O6S. The first-order valence-corrected chi connectivity index (χ1v) is 16.9. The van der Waals surface area contributed by atoms with Crippen molar-refractivity contribution < 1.29 is 23.7 Å². The molecule has 0 radical (unpaired) electrons. The molecule has 1 aliphatic heterocycles. The number of thiazole rings is 1. The average molecular weight is 726 g/mol. The van der Waals surface area contributed by atoms with E-state index in [0.29, 0.717) is 66.1 Å². The molecule has 1 atom stereocenters. The normalized spacial score (nSPS) is 14.6. The molecule has 0 bridgehead atoms. The Morgan fingerprint density at radius 3 is 2.50 bits per heavy atom. The molecule has 0 saturated heterocycles. The van der Waals surface area contributed by atoms with Crippen molar-refractivity contribution in [3.05, 3.63) is 118 Å². The van der Waals surface area contributed by atoms with Crippen molar-refractivity contribution >= 4 is 50.9 Å². The number of rotatable bonds is 11. The van der Waals surface area contributed by atoms with E-state index in [1.165, 1.54) is 11.3 Å². The van der Waals surface area contributed by atoms with Gasteiger partial charge in [0, 0.05) is 10.6 Å². The van der Waals surface area contributed by atoms with Crippen molar-refractivity contribution in [2.45, 2.75) is 53.4 Å². The molecule has 1 aromatic heterocycles. The number of carbonyl (C=O) groups is 1. The second-order valence-corrected chi connectivity index (χ2v) is 13.0. The number of hydrogen-bond acceptors (Lipinski definition) is 8. The standard InChI is InChI=1S/C35H34BrClN2O6S/c1-6-42-28-17-23(16-26(36)32(28)44-19-22-12-14-24(37)15-13-22)18-29-33(40)39-31(25-10-8-9-11-27(25)45-20(3)4)30(34(41)43-7-2)21(5)38-35(39)46-29/h8-18,20,31H,6-7,19H2,1-5H3/b29-18-/t31-/m0/s1. The highest BCUT2D eigenvalue weighted by atomic mass is 79.9. The summed E-state index contributed by atoms with van der Waals surface area (Å²) in [6, 6.07) is 17.8. The Bertz CT molecular complexity index is 1970. The van der Waals surface area contributed by atoms with E-state index >= 15 is 0 Å². The highest BCUT2D eigenvalue weighted by Gasteiger charge is 2.35. The number of carbonyl (C=O) groups excluding carboxylic acids is 1. The molecule has 0 saturated carbocycles. The summed E-state index contributed by atoms with van der Waals surface area (Å²) >= 11 is 10.9. The van der Waals surface area contributed by atoms with Crippen molar-refractivity contribution in [2.24, 2.45) is 4.99 Å². The number of benzene rings is 3. The quantitative estimate of drug-likeness (QED) is 0.155. The molecule has 0 unspecified atom stereocenters. The molecule has 2 heterocycles. The minimum atomic E-state index is -0.790. The molecule has 3 aromatic carbocycles. The summed E-state index contributed by atoms with van der Waals surface area (Å²) in [6.45, 7) is 10.2. The molecule has 11 heteroatoms. The molecule has 4 aromatic rings. The largest absolute Gasteiger partial charge is 0.491 e. The van der Waals surface area contributed by atoms with Crippen molar-refractivity contribution in [3.63, 3.8) is 0 Å². The van der Waals surface area contributed by atoms with Crippen molar-refractivity contribution in [3.8, 4) is 17.2 Å². The summed E-state index contributed by atoms with van der Waals surface area (Å²) in [7, 11) is 0. The summed E-state index contributed by atoms with van der Waals surface area (Å²) in [4.78, 5) is 32.7. The first-order chi connectivity index (χ1) is 22.1. The van der Waals surface area contributed by atoms with Crippen LogP contribution >= 0.6 is 38.9 Å². The number of aromatic nitrogens is 1. The second-order valence-electron chi connectivity index (χ2n) is 10.7. The van der Waals surface area contributed by atoms with Gasteiger partial charge in [0.1, 0.15) is 18.4 Å². The maximum absolute atomic E-state index is 14.2. The Morgan fingerprint density at radius 1 is 1.07 bits per heavy atom. The van der Waals surface area contributed by atoms with E-state index < -0.39 is 12.0 Å². The molecule has 0 aliphatic carbocycles. The van der Waals surface area contributed by atoms with Gasteiger partial charge in [-0.25, -0.2) is 9.79 Å². The van der Waals surface area contributed by atoms with Crippen LogP contribution in [0.5, 0.6) is 17.2 Å². The lowest BCUT2D eigenvalue weighted by Gasteiger charge is -2.26. The van der Waals surface area contributed by atoms with Crippen LogP contribution in [-0.4, -0.2) is 29.9 Å². The van der Waals surface area contributed by atoms with E-state index in [1.807, 2.05) is 81.4 Å². The maximum Gasteiger partial charge on any atom is 0.338 e. The van der Waals surface area contributed by atoms with Gasteiger partial charge in [-0.2, -0.15) is 0 Å². The summed E-state index contributed by atoms with van der Waals surface area (Å²) < 4.78 is 26.3. The lowest BCUT2D eigenvalue weighted by Crippen LogP contribution is -2.40. The molecule has 1 aliphatic rings. The van der Waals surface area contributed by atoms with Crippen LogP contribution in [0.15, 0.2) is 86.2 Å². The minimum Gasteiger partial charge on any atom is -0.491 e. The number of halogens is 2. The van der Waals surface area contributed by atoms with Crippen LogP contribution in [0.1, 0.15) is 57.4 Å². The summed E-state index contributed by atoms with van der Waals surface area (Å²) in [6.07, 6.45) is 1.67. The van der Waals surface area contributed by atoms with Gasteiger partial charge in [-0.3, -0.25) is 9.36 Å². The Hall–Kier alpha value is -3.86. The van der Waals surface area contributed by atoms with Gasteiger partial charge in [-0.1, -0.05) is 53.3 Å². The third-order valence-corrected chi connectivity index (χ3v) is 8.84. The molecule has 8 nitrogen and oxygen atoms in total. The van der Waals surface area contributed by atoms with Crippen LogP contribution in [0.3, 0.4) is 0 Å². The molecule has 0 amide bonds. The summed E-state index contributed by atoms with van der Waals surface area (Å²) in [5.41, 5.74) is 2.84. The smallest absolute Gasteiger partial charge is 0.338 e. The predicted octanol–water partition coefficient (Wildman–Crippen LogP) is 6.98. The zero-order valence-electron chi connectivity index (χ0n) is 26.1. The second kappa shape index (κ2) is 14.7. The molecule has 0 spiro atoms. The fraction of sp³-hybridized carbons (Fsp3) is 0.286. The molecule has 0 fully saturated rings. The number of esters is 1. The van der Waals surface area contributed by atoms with Crippen molar-refractivity contribution in [1.29, 1.82) is 0 Å². The highest BCUT2D eigenvalue weighted by molar-refractivity contribution is 9.10. The number of allylic oxidation sites excluding steroid dienone is 1. The summed E-state index contributed by atoms with van der Waals surface area (Å²) in [5.74, 6) is 1.13. The lowest BCUT2D eigenvalue weighted by molar-refractivity contribution is -0.139. The molecular weight excluding hydrogens is 692 g/mol. The molecule has 240 valence electrons. The zero-order valence-corrected chi connectivity index (χ0v) is 29.3. The van der Waals surface area contributed by atoms with Gasteiger partial charge < -0.3 is 18.9 Å². The van der Waals surface area contributed by atoms with Gasteiger partial charge in [0.25, 0.3) is 5.56 Å². The van der Waals surface area contributed by atoms with E-state index in [0.717, 1.165) is 11.1 Å². The monoisotopic (exact) mass is 724 g/mol. The SMILES string of the molecule is CCOC(=O)C1=C(C)N=c2s/c(=C\c3cc(Br)c(OCc4ccc(Cl)cc4)c(OCC)c3)c(=O)n2[C@H]1c1ccccc1OC(C)C. The number of ether oxygens (including phenoxy) is 4. The molecule has 0 N–H and O–H groups in total. The predicted molar refractivity (Wildman–Crippen MR) is 184 cm³/mol. The Labute approximate surface area is 284 Å². The summed E-state index contributed by atoms with van der Waals surface area (Å²) in [5, 5.41) is 0.654. The van der Waals surface area contributed by atoms with Crippen LogP contribution in [-0.2, 0) is 16.1 Å². The number of fused-ring (bicyclic) bond motifs is 1. The van der Waals surface area contributed by atoms with Crippen LogP contribution < -0.4 is 29.1 Å². The number of nitrogens with zero attached hydrogens (tertiary/aromatic N) is 2. The van der Waals surface area contributed by atoms with E-state index in [2.05, 4.69) is 15.9 Å². The number of para-hydroxylation sites is 1. The van der Waals surface area contributed by atoms with Crippen molar-refractivity contribution in [1.82, 2.24) is 4.57 Å². The Balaban J connectivity index is 1.61. The van der Waals surface area contributed by atoms with E-state index in [4.69, 9.17) is 35.5 Å². The third kappa shape index (κ3) is 7.24. The third-order valence-electron chi connectivity index (χ3n) is 7.02. The van der Waals surface area contributed by atoms with Crippen LogP contribution in [0.25, 0.3) is 6.08 Å². The Kier molecular flexibility index (Phi) is 10.7. The van der Waals surface area contributed by atoms with Gasteiger partial charge in [0.15, 0.2) is 16.3 Å². The van der Waals surface area contributed by atoms with Gasteiger partial charge >= 0.3 is 5.97 Å². The van der Waals surface area contributed by atoms with Gasteiger partial charge in [0.2, 0.25) is 0 Å². The zero-order chi connectivity index (χ0) is 33.0. The van der Waals surface area contributed by atoms with Crippen LogP contribution in [0.2, 0.25) is 5.02 Å². The maximum atomic E-state index is 14.2. The molecule has 46 heavy (non-hydrogen) atoms.